The van der Waals surface area contributed by atoms with Crippen LogP contribution in [0, 0.1) is 5.82 Å². The van der Waals surface area contributed by atoms with E-state index in [-0.39, 0.29) is 23.0 Å². The maximum atomic E-state index is 14.0. The summed E-state index contributed by atoms with van der Waals surface area (Å²) in [6.07, 6.45) is 1.02. The van der Waals surface area contributed by atoms with Crippen LogP contribution in [0.15, 0.2) is 77.7 Å². The third kappa shape index (κ3) is 8.43. The first-order valence-electron chi connectivity index (χ1n) is 13.4. The first kappa shape index (κ1) is 31.9. The Labute approximate surface area is 246 Å². The van der Waals surface area contributed by atoms with Gasteiger partial charge in [-0.25, -0.2) is 12.8 Å². The van der Waals surface area contributed by atoms with Crippen LogP contribution in [0.4, 0.5) is 10.1 Å². The van der Waals surface area contributed by atoms with E-state index in [1.807, 2.05) is 13.8 Å². The normalized spacial score (nSPS) is 11.9. The molecule has 3 aromatic carbocycles. The van der Waals surface area contributed by atoms with Crippen molar-refractivity contribution >= 4 is 39.1 Å². The van der Waals surface area contributed by atoms with Crippen molar-refractivity contribution in [1.82, 2.24) is 10.2 Å². The maximum Gasteiger partial charge on any atom is 0.264 e. The Morgan fingerprint density at radius 2 is 1.59 bits per heavy atom. The first-order chi connectivity index (χ1) is 19.6. The lowest BCUT2D eigenvalue weighted by Crippen LogP contribution is -2.52. The van der Waals surface area contributed by atoms with Crippen LogP contribution in [0.25, 0.3) is 0 Å². The first-order valence-corrected chi connectivity index (χ1v) is 15.2. The maximum absolute atomic E-state index is 14.0. The van der Waals surface area contributed by atoms with Crippen LogP contribution in [0.5, 0.6) is 5.75 Å². The summed E-state index contributed by atoms with van der Waals surface area (Å²) >= 11 is 6.04. The highest BCUT2D eigenvalue weighted by atomic mass is 35.5. The molecule has 0 spiro atoms. The number of nitrogens with zero attached hydrogens (tertiary/aromatic N) is 2. The van der Waals surface area contributed by atoms with Crippen molar-refractivity contribution in [2.75, 3.05) is 24.0 Å². The average molecular weight is 604 g/mol. The molecule has 2 amide bonds. The van der Waals surface area contributed by atoms with Gasteiger partial charge in [0, 0.05) is 18.1 Å². The number of carbonyl (C=O) groups is 2. The van der Waals surface area contributed by atoms with Gasteiger partial charge in [0.25, 0.3) is 10.0 Å². The molecule has 3 rings (SSSR count). The van der Waals surface area contributed by atoms with E-state index in [1.165, 1.54) is 41.3 Å². The minimum atomic E-state index is -4.28. The van der Waals surface area contributed by atoms with E-state index in [1.54, 1.807) is 31.2 Å². The van der Waals surface area contributed by atoms with E-state index in [2.05, 4.69) is 5.32 Å². The van der Waals surface area contributed by atoms with Gasteiger partial charge in [-0.3, -0.25) is 13.9 Å². The van der Waals surface area contributed by atoms with Crippen LogP contribution in [0.1, 0.15) is 39.2 Å². The molecule has 220 valence electrons. The molecule has 0 aliphatic heterocycles. The number of hydrogen-bond donors (Lipinski definition) is 1. The minimum absolute atomic E-state index is 0.0500. The van der Waals surface area contributed by atoms with Gasteiger partial charge in [0.15, 0.2) is 0 Å². The van der Waals surface area contributed by atoms with Gasteiger partial charge >= 0.3 is 0 Å². The smallest absolute Gasteiger partial charge is 0.264 e. The van der Waals surface area contributed by atoms with E-state index in [0.717, 1.165) is 16.4 Å². The number of nitrogens with one attached hydrogen (secondary N) is 1. The fourth-order valence-electron chi connectivity index (χ4n) is 4.21. The standard InChI is InChI=1S/C30H35ClFN3O5S/c1-4-19-33-30(37)28(5-2)34(20-22-7-9-23(31)10-8-22)29(36)21-35(25-13-11-24(32)12-14-25)41(38,39)27-17-15-26(16-18-27)40-6-3/h7-18,28H,4-6,19-21H2,1-3H3,(H,33,37)/t28-/m0/s1. The summed E-state index contributed by atoms with van der Waals surface area (Å²) in [6.45, 7) is 5.80. The highest BCUT2D eigenvalue weighted by Crippen LogP contribution is 2.26. The van der Waals surface area contributed by atoms with Crippen molar-refractivity contribution in [3.8, 4) is 5.75 Å². The van der Waals surface area contributed by atoms with Gasteiger partial charge in [-0.1, -0.05) is 37.6 Å². The monoisotopic (exact) mass is 603 g/mol. The number of rotatable bonds is 14. The predicted octanol–water partition coefficient (Wildman–Crippen LogP) is 5.41. The van der Waals surface area contributed by atoms with Gasteiger partial charge in [0.2, 0.25) is 11.8 Å². The number of hydrogen-bond acceptors (Lipinski definition) is 5. The lowest BCUT2D eigenvalue weighted by atomic mass is 10.1. The molecule has 8 nitrogen and oxygen atoms in total. The van der Waals surface area contributed by atoms with E-state index in [4.69, 9.17) is 16.3 Å². The lowest BCUT2D eigenvalue weighted by Gasteiger charge is -2.33. The molecule has 0 aromatic heterocycles. The molecule has 41 heavy (non-hydrogen) atoms. The van der Waals surface area contributed by atoms with Crippen LogP contribution < -0.4 is 14.4 Å². The lowest BCUT2D eigenvalue weighted by molar-refractivity contribution is -0.140. The second kappa shape index (κ2) is 14.8. The third-order valence-electron chi connectivity index (χ3n) is 6.32. The van der Waals surface area contributed by atoms with Crippen molar-refractivity contribution in [2.24, 2.45) is 0 Å². The fourth-order valence-corrected chi connectivity index (χ4v) is 5.75. The number of halogens is 2. The average Bonchev–Trinajstić information content (AvgIpc) is 2.96. The second-order valence-corrected chi connectivity index (χ2v) is 11.6. The minimum Gasteiger partial charge on any atom is -0.494 e. The Morgan fingerprint density at radius 3 is 2.15 bits per heavy atom. The van der Waals surface area contributed by atoms with Crippen molar-refractivity contribution in [1.29, 1.82) is 0 Å². The summed E-state index contributed by atoms with van der Waals surface area (Å²) in [5, 5.41) is 3.35. The Morgan fingerprint density at radius 1 is 0.951 bits per heavy atom. The Kier molecular flexibility index (Phi) is 11.5. The molecule has 0 fully saturated rings. The topological polar surface area (TPSA) is 96.0 Å². The van der Waals surface area contributed by atoms with Crippen molar-refractivity contribution in [3.05, 3.63) is 89.2 Å². The highest BCUT2D eigenvalue weighted by Gasteiger charge is 2.33. The zero-order valence-electron chi connectivity index (χ0n) is 23.3. The van der Waals surface area contributed by atoms with Crippen LogP contribution in [0.2, 0.25) is 5.02 Å². The van der Waals surface area contributed by atoms with E-state index in [9.17, 15) is 22.4 Å². The van der Waals surface area contributed by atoms with Gasteiger partial charge in [-0.15, -0.1) is 0 Å². The van der Waals surface area contributed by atoms with E-state index >= 15 is 0 Å². The molecule has 0 heterocycles. The number of amides is 2. The molecular weight excluding hydrogens is 569 g/mol. The Hall–Kier alpha value is -3.63. The van der Waals surface area contributed by atoms with Crippen molar-refractivity contribution in [3.63, 3.8) is 0 Å². The highest BCUT2D eigenvalue weighted by molar-refractivity contribution is 7.92. The fraction of sp³-hybridized carbons (Fsp3) is 0.333. The van der Waals surface area contributed by atoms with E-state index < -0.39 is 34.3 Å². The molecule has 11 heteroatoms. The molecule has 1 N–H and O–H groups in total. The van der Waals surface area contributed by atoms with Crippen LogP contribution in [0.3, 0.4) is 0 Å². The molecular formula is C30H35ClFN3O5S. The summed E-state index contributed by atoms with van der Waals surface area (Å²) in [5.41, 5.74) is 0.816. The van der Waals surface area contributed by atoms with Gasteiger partial charge < -0.3 is 15.0 Å². The van der Waals surface area contributed by atoms with Crippen molar-refractivity contribution in [2.45, 2.75) is 51.1 Å². The zero-order chi connectivity index (χ0) is 30.0. The van der Waals surface area contributed by atoms with Gasteiger partial charge in [0.1, 0.15) is 24.2 Å². The molecule has 0 unspecified atom stereocenters. The van der Waals surface area contributed by atoms with Crippen LogP contribution in [-0.2, 0) is 26.2 Å². The summed E-state index contributed by atoms with van der Waals surface area (Å²) in [6, 6.07) is 16.7. The third-order valence-corrected chi connectivity index (χ3v) is 8.36. The predicted molar refractivity (Wildman–Crippen MR) is 158 cm³/mol. The molecule has 0 saturated heterocycles. The molecule has 3 aromatic rings. The molecule has 1 atom stereocenters. The number of anilines is 1. The molecule has 0 aliphatic carbocycles. The number of sulfonamides is 1. The van der Waals surface area contributed by atoms with Gasteiger partial charge in [0.05, 0.1) is 17.2 Å². The second-order valence-electron chi connectivity index (χ2n) is 9.26. The molecule has 0 aliphatic rings. The SMILES string of the molecule is CCCNC(=O)[C@H](CC)N(Cc1ccc(Cl)cc1)C(=O)CN(c1ccc(F)cc1)S(=O)(=O)c1ccc(OCC)cc1. The summed E-state index contributed by atoms with van der Waals surface area (Å²) in [4.78, 5) is 28.4. The Bertz CT molecular complexity index is 1400. The van der Waals surface area contributed by atoms with Gasteiger partial charge in [-0.05, 0) is 86.0 Å². The molecule has 0 bridgehead atoms. The summed E-state index contributed by atoms with van der Waals surface area (Å²) in [7, 11) is -4.28. The summed E-state index contributed by atoms with van der Waals surface area (Å²) in [5.74, 6) is -0.993. The summed E-state index contributed by atoms with van der Waals surface area (Å²) < 4.78 is 47.9. The van der Waals surface area contributed by atoms with Crippen molar-refractivity contribution < 1.29 is 27.1 Å². The number of benzene rings is 3. The molecule has 0 radical (unpaired) electrons. The van der Waals surface area contributed by atoms with E-state index in [0.29, 0.717) is 42.3 Å². The number of ether oxygens (including phenoxy) is 1. The Balaban J connectivity index is 2.03. The number of carbonyl (C=O) groups excluding carboxylic acids is 2. The zero-order valence-corrected chi connectivity index (χ0v) is 24.9. The van der Waals surface area contributed by atoms with Crippen LogP contribution in [-0.4, -0.2) is 50.9 Å². The quantitative estimate of drug-likeness (QED) is 0.266. The van der Waals surface area contributed by atoms with Crippen LogP contribution >= 0.6 is 11.6 Å². The molecule has 0 saturated carbocycles. The largest absolute Gasteiger partial charge is 0.494 e. The van der Waals surface area contributed by atoms with Gasteiger partial charge in [-0.2, -0.15) is 0 Å².